The van der Waals surface area contributed by atoms with Crippen LogP contribution in [0.1, 0.15) is 44.2 Å². The van der Waals surface area contributed by atoms with Gasteiger partial charge in [-0.1, -0.05) is 0 Å². The van der Waals surface area contributed by atoms with Crippen LogP contribution in [0.4, 0.5) is 4.79 Å². The SMILES string of the molecule is CC1c2cc(Br)sc2CN1C(=O)OC(C)(C)C. The molecule has 0 aliphatic carbocycles. The quantitative estimate of drug-likeness (QED) is 0.713. The van der Waals surface area contributed by atoms with E-state index in [4.69, 9.17) is 4.74 Å². The molecule has 0 fully saturated rings. The van der Waals surface area contributed by atoms with Crippen LogP contribution in [0.15, 0.2) is 9.85 Å². The van der Waals surface area contributed by atoms with Crippen molar-refractivity contribution in [2.75, 3.05) is 0 Å². The van der Waals surface area contributed by atoms with Gasteiger partial charge in [-0.15, -0.1) is 11.3 Å². The molecule has 1 aliphatic rings. The van der Waals surface area contributed by atoms with Crippen LogP contribution >= 0.6 is 27.3 Å². The van der Waals surface area contributed by atoms with E-state index in [-0.39, 0.29) is 12.1 Å². The lowest BCUT2D eigenvalue weighted by atomic mass is 10.2. The largest absolute Gasteiger partial charge is 0.444 e. The number of thiophene rings is 1. The molecular weight excluding hydrogens is 302 g/mol. The lowest BCUT2D eigenvalue weighted by Gasteiger charge is -2.27. The average Bonchev–Trinajstić information content (AvgIpc) is 2.63. The summed E-state index contributed by atoms with van der Waals surface area (Å²) in [6, 6.07) is 2.19. The number of nitrogens with zero attached hydrogens (tertiary/aromatic N) is 1. The van der Waals surface area contributed by atoms with E-state index in [0.717, 1.165) is 3.79 Å². The minimum absolute atomic E-state index is 0.0994. The first-order chi connectivity index (χ1) is 7.78. The fraction of sp³-hybridized carbons (Fsp3) is 0.583. The molecule has 5 heteroatoms. The molecule has 0 saturated carbocycles. The second kappa shape index (κ2) is 4.28. The van der Waals surface area contributed by atoms with E-state index >= 15 is 0 Å². The second-order valence-electron chi connectivity index (χ2n) is 5.21. The van der Waals surface area contributed by atoms with Crippen LogP contribution in [0.3, 0.4) is 0 Å². The van der Waals surface area contributed by atoms with Crippen molar-refractivity contribution in [1.29, 1.82) is 0 Å². The Morgan fingerprint density at radius 3 is 2.76 bits per heavy atom. The van der Waals surface area contributed by atoms with E-state index in [0.29, 0.717) is 6.54 Å². The van der Waals surface area contributed by atoms with Crippen LogP contribution < -0.4 is 0 Å². The number of carbonyl (C=O) groups is 1. The molecule has 94 valence electrons. The number of carbonyl (C=O) groups excluding carboxylic acids is 1. The lowest BCUT2D eigenvalue weighted by molar-refractivity contribution is 0.0188. The Hall–Kier alpha value is -0.550. The number of ether oxygens (including phenoxy) is 1. The highest BCUT2D eigenvalue weighted by Crippen LogP contribution is 2.41. The topological polar surface area (TPSA) is 29.5 Å². The van der Waals surface area contributed by atoms with Gasteiger partial charge >= 0.3 is 6.09 Å². The van der Waals surface area contributed by atoms with E-state index in [1.165, 1.54) is 10.4 Å². The third-order valence-electron chi connectivity index (χ3n) is 2.67. The molecule has 2 heterocycles. The van der Waals surface area contributed by atoms with Crippen LogP contribution in [0, 0.1) is 0 Å². The highest BCUT2D eigenvalue weighted by molar-refractivity contribution is 9.11. The van der Waals surface area contributed by atoms with Crippen molar-refractivity contribution in [2.24, 2.45) is 0 Å². The third-order valence-corrected chi connectivity index (χ3v) is 4.31. The zero-order valence-electron chi connectivity index (χ0n) is 10.4. The van der Waals surface area contributed by atoms with E-state index in [2.05, 4.69) is 22.0 Å². The first-order valence-corrected chi connectivity index (χ1v) is 7.16. The predicted octanol–water partition coefficient (Wildman–Crippen LogP) is 4.32. The van der Waals surface area contributed by atoms with Crippen molar-refractivity contribution in [1.82, 2.24) is 4.90 Å². The molecular formula is C12H16BrNO2S. The minimum Gasteiger partial charge on any atom is -0.444 e. The molecule has 0 N–H and O–H groups in total. The van der Waals surface area contributed by atoms with Gasteiger partial charge in [0.15, 0.2) is 0 Å². The Labute approximate surface area is 114 Å². The van der Waals surface area contributed by atoms with Crippen molar-refractivity contribution < 1.29 is 9.53 Å². The Bertz CT molecular complexity index is 450. The molecule has 0 bridgehead atoms. The number of amides is 1. The highest BCUT2D eigenvalue weighted by Gasteiger charge is 2.34. The summed E-state index contributed by atoms with van der Waals surface area (Å²) in [6.45, 7) is 8.35. The fourth-order valence-corrected chi connectivity index (χ4v) is 3.69. The molecule has 0 spiro atoms. The summed E-state index contributed by atoms with van der Waals surface area (Å²) in [5.74, 6) is 0. The van der Waals surface area contributed by atoms with Gasteiger partial charge in [-0.3, -0.25) is 4.90 Å². The maximum atomic E-state index is 12.0. The Morgan fingerprint density at radius 2 is 2.24 bits per heavy atom. The number of hydrogen-bond acceptors (Lipinski definition) is 3. The van der Waals surface area contributed by atoms with E-state index in [1.54, 1.807) is 16.2 Å². The van der Waals surface area contributed by atoms with Crippen molar-refractivity contribution in [3.05, 3.63) is 20.3 Å². The van der Waals surface area contributed by atoms with Gasteiger partial charge in [0.1, 0.15) is 5.60 Å². The smallest absolute Gasteiger partial charge is 0.411 e. The monoisotopic (exact) mass is 317 g/mol. The predicted molar refractivity (Wildman–Crippen MR) is 72.2 cm³/mol. The standard InChI is InChI=1S/C12H16BrNO2S/c1-7-8-5-10(13)17-9(8)6-14(7)11(15)16-12(2,3)4/h5,7H,6H2,1-4H3. The fourth-order valence-electron chi connectivity index (χ4n) is 1.89. The van der Waals surface area contributed by atoms with E-state index in [1.807, 2.05) is 27.7 Å². The van der Waals surface area contributed by atoms with Gasteiger partial charge in [-0.25, -0.2) is 4.79 Å². The van der Waals surface area contributed by atoms with Crippen molar-refractivity contribution in [2.45, 2.75) is 45.9 Å². The molecule has 1 aromatic rings. The van der Waals surface area contributed by atoms with Crippen molar-refractivity contribution >= 4 is 33.4 Å². The molecule has 2 rings (SSSR count). The Morgan fingerprint density at radius 1 is 1.59 bits per heavy atom. The third kappa shape index (κ3) is 2.65. The number of rotatable bonds is 0. The summed E-state index contributed by atoms with van der Waals surface area (Å²) in [5.41, 5.74) is 0.792. The van der Waals surface area contributed by atoms with Crippen LogP contribution in [0.2, 0.25) is 0 Å². The zero-order valence-corrected chi connectivity index (χ0v) is 12.8. The van der Waals surface area contributed by atoms with Gasteiger partial charge in [-0.05, 0) is 55.3 Å². The molecule has 1 amide bonds. The summed E-state index contributed by atoms with van der Waals surface area (Å²) in [7, 11) is 0. The minimum atomic E-state index is -0.437. The van der Waals surface area contributed by atoms with Crippen LogP contribution in [-0.2, 0) is 11.3 Å². The maximum absolute atomic E-state index is 12.0. The normalized spacial score (nSPS) is 19.4. The maximum Gasteiger partial charge on any atom is 0.411 e. The molecule has 1 aromatic heterocycles. The summed E-state index contributed by atoms with van der Waals surface area (Å²) < 4.78 is 6.53. The number of halogens is 1. The van der Waals surface area contributed by atoms with Gasteiger partial charge < -0.3 is 4.74 Å². The molecule has 0 saturated heterocycles. The number of hydrogen-bond donors (Lipinski definition) is 0. The molecule has 1 atom stereocenters. The van der Waals surface area contributed by atoms with Gasteiger partial charge in [0.25, 0.3) is 0 Å². The molecule has 3 nitrogen and oxygen atoms in total. The molecule has 1 unspecified atom stereocenters. The molecule has 0 aromatic carbocycles. The number of fused-ring (bicyclic) bond motifs is 1. The van der Waals surface area contributed by atoms with Gasteiger partial charge in [0.2, 0.25) is 0 Å². The highest BCUT2D eigenvalue weighted by atomic mass is 79.9. The van der Waals surface area contributed by atoms with Gasteiger partial charge in [0.05, 0.1) is 16.4 Å². The van der Waals surface area contributed by atoms with Crippen LogP contribution in [0.5, 0.6) is 0 Å². The summed E-state index contributed by atoms with van der Waals surface area (Å²) in [5, 5.41) is 0. The second-order valence-corrected chi connectivity index (χ2v) is 7.73. The van der Waals surface area contributed by atoms with Gasteiger partial charge in [0, 0.05) is 4.88 Å². The zero-order chi connectivity index (χ0) is 12.8. The van der Waals surface area contributed by atoms with Crippen molar-refractivity contribution in [3.8, 4) is 0 Å². The first kappa shape index (κ1) is 12.9. The van der Waals surface area contributed by atoms with Crippen LogP contribution in [-0.4, -0.2) is 16.6 Å². The molecule has 0 radical (unpaired) electrons. The van der Waals surface area contributed by atoms with E-state index in [9.17, 15) is 4.79 Å². The average molecular weight is 318 g/mol. The lowest BCUT2D eigenvalue weighted by Crippen LogP contribution is -2.35. The summed E-state index contributed by atoms with van der Waals surface area (Å²) in [4.78, 5) is 15.0. The van der Waals surface area contributed by atoms with E-state index < -0.39 is 5.60 Å². The van der Waals surface area contributed by atoms with Gasteiger partial charge in [-0.2, -0.15) is 0 Å². The Kier molecular flexibility index (Phi) is 3.25. The molecule has 17 heavy (non-hydrogen) atoms. The Balaban J connectivity index is 2.12. The first-order valence-electron chi connectivity index (χ1n) is 5.55. The van der Waals surface area contributed by atoms with Crippen molar-refractivity contribution in [3.63, 3.8) is 0 Å². The molecule has 1 aliphatic heterocycles. The summed E-state index contributed by atoms with van der Waals surface area (Å²) >= 11 is 5.16. The summed E-state index contributed by atoms with van der Waals surface area (Å²) in [6.07, 6.45) is -0.232. The van der Waals surface area contributed by atoms with Crippen LogP contribution in [0.25, 0.3) is 0 Å².